The minimum Gasteiger partial charge on any atom is -0.374 e. The number of hydrogen-bond acceptors (Lipinski definition) is 3. The van der Waals surface area contributed by atoms with Crippen LogP contribution in [0.2, 0.25) is 0 Å². The third-order valence-electron chi connectivity index (χ3n) is 2.41. The molecule has 0 aromatic heterocycles. The molecule has 4 heteroatoms. The van der Waals surface area contributed by atoms with Gasteiger partial charge in [0.1, 0.15) is 0 Å². The van der Waals surface area contributed by atoms with E-state index in [0.717, 1.165) is 25.0 Å². The first-order chi connectivity index (χ1) is 6.77. The highest BCUT2D eigenvalue weighted by Gasteiger charge is 2.18. The third-order valence-corrected chi connectivity index (χ3v) is 2.41. The highest BCUT2D eigenvalue weighted by atomic mass is 16.6. The number of non-ortho nitro benzene ring substituents is 1. The number of nitro benzene ring substituents is 1. The van der Waals surface area contributed by atoms with Gasteiger partial charge in [0, 0.05) is 18.7 Å². The van der Waals surface area contributed by atoms with Crippen molar-refractivity contribution in [3.05, 3.63) is 39.9 Å². The van der Waals surface area contributed by atoms with Crippen molar-refractivity contribution in [2.45, 2.75) is 18.9 Å². The Balaban J connectivity index is 2.16. The van der Waals surface area contributed by atoms with E-state index >= 15 is 0 Å². The topological polar surface area (TPSA) is 52.4 Å². The number of nitrogens with zero attached hydrogens (tertiary/aromatic N) is 1. The summed E-state index contributed by atoms with van der Waals surface area (Å²) in [5.41, 5.74) is 1.17. The lowest BCUT2D eigenvalue weighted by Gasteiger charge is -2.08. The number of benzene rings is 1. The zero-order valence-electron chi connectivity index (χ0n) is 7.68. The van der Waals surface area contributed by atoms with E-state index in [1.54, 1.807) is 12.1 Å². The minimum absolute atomic E-state index is 0.131. The van der Waals surface area contributed by atoms with E-state index in [2.05, 4.69) is 0 Å². The maximum absolute atomic E-state index is 10.4. The Morgan fingerprint density at radius 3 is 2.57 bits per heavy atom. The predicted molar refractivity (Wildman–Crippen MR) is 51.0 cm³/mol. The standard InChI is InChI=1S/C10H11NO3/c12-11(13)9-5-3-8(4-6-9)10-2-1-7-14-10/h3-6,10H,1-2,7H2/t10-/m1/s1. The van der Waals surface area contributed by atoms with Gasteiger partial charge in [-0.25, -0.2) is 0 Å². The monoisotopic (exact) mass is 193 g/mol. The van der Waals surface area contributed by atoms with Crippen LogP contribution in [0.15, 0.2) is 24.3 Å². The maximum Gasteiger partial charge on any atom is 0.269 e. The van der Waals surface area contributed by atoms with Gasteiger partial charge >= 0.3 is 0 Å². The van der Waals surface area contributed by atoms with E-state index in [1.807, 2.05) is 0 Å². The molecule has 1 aromatic rings. The van der Waals surface area contributed by atoms with Crippen LogP contribution >= 0.6 is 0 Å². The maximum atomic E-state index is 10.4. The van der Waals surface area contributed by atoms with Gasteiger partial charge in [-0.1, -0.05) is 0 Å². The summed E-state index contributed by atoms with van der Waals surface area (Å²) >= 11 is 0. The van der Waals surface area contributed by atoms with Crippen molar-refractivity contribution in [3.63, 3.8) is 0 Å². The fourth-order valence-corrected chi connectivity index (χ4v) is 1.65. The van der Waals surface area contributed by atoms with E-state index in [9.17, 15) is 10.1 Å². The zero-order chi connectivity index (χ0) is 9.97. The second-order valence-electron chi connectivity index (χ2n) is 3.35. The Hall–Kier alpha value is -1.42. The molecule has 0 unspecified atom stereocenters. The molecule has 0 saturated carbocycles. The lowest BCUT2D eigenvalue weighted by Crippen LogP contribution is -1.96. The molecule has 0 bridgehead atoms. The molecule has 1 aliphatic rings. The van der Waals surface area contributed by atoms with Crippen LogP contribution in [0.3, 0.4) is 0 Å². The van der Waals surface area contributed by atoms with E-state index in [0.29, 0.717) is 0 Å². The summed E-state index contributed by atoms with van der Waals surface area (Å²) in [7, 11) is 0. The van der Waals surface area contributed by atoms with E-state index in [-0.39, 0.29) is 16.7 Å². The Morgan fingerprint density at radius 1 is 1.36 bits per heavy atom. The first kappa shape index (κ1) is 9.15. The summed E-state index contributed by atoms with van der Waals surface area (Å²) in [6, 6.07) is 6.59. The van der Waals surface area contributed by atoms with Crippen molar-refractivity contribution in [1.82, 2.24) is 0 Å². The second-order valence-corrected chi connectivity index (χ2v) is 3.35. The molecule has 1 aliphatic heterocycles. The summed E-state index contributed by atoms with van der Waals surface area (Å²) in [5.74, 6) is 0. The van der Waals surface area contributed by atoms with Crippen molar-refractivity contribution in [2.75, 3.05) is 6.61 Å². The van der Waals surface area contributed by atoms with Crippen LogP contribution in [0.4, 0.5) is 5.69 Å². The normalized spacial score (nSPS) is 21.0. The molecular formula is C10H11NO3. The Labute approximate surface area is 81.7 Å². The minimum atomic E-state index is -0.390. The lowest BCUT2D eigenvalue weighted by atomic mass is 10.1. The molecule has 0 radical (unpaired) electrons. The van der Waals surface area contributed by atoms with Crippen molar-refractivity contribution < 1.29 is 9.66 Å². The number of nitro groups is 1. The first-order valence-corrected chi connectivity index (χ1v) is 4.63. The van der Waals surface area contributed by atoms with Gasteiger partial charge in [0.25, 0.3) is 5.69 Å². The molecule has 0 amide bonds. The van der Waals surface area contributed by atoms with Crippen LogP contribution in [0, 0.1) is 10.1 Å². The average molecular weight is 193 g/mol. The summed E-state index contributed by atoms with van der Waals surface area (Å²) in [5, 5.41) is 10.4. The van der Waals surface area contributed by atoms with Crippen LogP contribution in [-0.2, 0) is 4.74 Å². The van der Waals surface area contributed by atoms with Gasteiger partial charge in [-0.15, -0.1) is 0 Å². The molecule has 0 spiro atoms. The van der Waals surface area contributed by atoms with Crippen molar-refractivity contribution in [2.24, 2.45) is 0 Å². The van der Waals surface area contributed by atoms with Crippen LogP contribution in [0.1, 0.15) is 24.5 Å². The van der Waals surface area contributed by atoms with Crippen LogP contribution < -0.4 is 0 Å². The van der Waals surface area contributed by atoms with Gasteiger partial charge in [0.05, 0.1) is 11.0 Å². The molecule has 2 rings (SSSR count). The predicted octanol–water partition coefficient (Wildman–Crippen LogP) is 2.45. The molecule has 1 aromatic carbocycles. The summed E-state index contributed by atoms with van der Waals surface area (Å²) in [6.45, 7) is 0.793. The van der Waals surface area contributed by atoms with E-state index < -0.39 is 0 Å². The van der Waals surface area contributed by atoms with Crippen molar-refractivity contribution in [3.8, 4) is 0 Å². The first-order valence-electron chi connectivity index (χ1n) is 4.63. The molecule has 1 heterocycles. The van der Waals surface area contributed by atoms with Gasteiger partial charge in [-0.2, -0.15) is 0 Å². The molecule has 1 fully saturated rings. The highest BCUT2D eigenvalue weighted by Crippen LogP contribution is 2.29. The van der Waals surface area contributed by atoms with Gasteiger partial charge in [-0.05, 0) is 30.5 Å². The molecule has 14 heavy (non-hydrogen) atoms. The second kappa shape index (κ2) is 3.75. The Kier molecular flexibility index (Phi) is 2.45. The molecule has 0 N–H and O–H groups in total. The highest BCUT2D eigenvalue weighted by molar-refractivity contribution is 5.33. The number of rotatable bonds is 2. The summed E-state index contributed by atoms with van der Waals surface area (Å²) in [6.07, 6.45) is 2.22. The summed E-state index contributed by atoms with van der Waals surface area (Å²) in [4.78, 5) is 10.0. The number of ether oxygens (including phenoxy) is 1. The molecule has 4 nitrogen and oxygen atoms in total. The van der Waals surface area contributed by atoms with Gasteiger partial charge in [-0.3, -0.25) is 10.1 Å². The third kappa shape index (κ3) is 1.75. The SMILES string of the molecule is O=[N+]([O-])c1ccc([C@H]2CCCO2)cc1. The Bertz CT molecular complexity index is 328. The van der Waals surface area contributed by atoms with Gasteiger partial charge in [0.2, 0.25) is 0 Å². The smallest absolute Gasteiger partial charge is 0.269 e. The molecule has 1 saturated heterocycles. The quantitative estimate of drug-likeness (QED) is 0.535. The number of hydrogen-bond donors (Lipinski definition) is 0. The zero-order valence-corrected chi connectivity index (χ0v) is 7.68. The lowest BCUT2D eigenvalue weighted by molar-refractivity contribution is -0.384. The molecular weight excluding hydrogens is 182 g/mol. The van der Waals surface area contributed by atoms with Gasteiger partial charge in [0.15, 0.2) is 0 Å². The van der Waals surface area contributed by atoms with Crippen molar-refractivity contribution >= 4 is 5.69 Å². The molecule has 1 atom stereocenters. The average Bonchev–Trinajstić information content (AvgIpc) is 2.71. The van der Waals surface area contributed by atoms with E-state index in [4.69, 9.17) is 4.74 Å². The molecule has 0 aliphatic carbocycles. The largest absolute Gasteiger partial charge is 0.374 e. The Morgan fingerprint density at radius 2 is 2.07 bits per heavy atom. The molecule has 74 valence electrons. The van der Waals surface area contributed by atoms with Gasteiger partial charge < -0.3 is 4.74 Å². The van der Waals surface area contributed by atoms with Crippen LogP contribution in [-0.4, -0.2) is 11.5 Å². The van der Waals surface area contributed by atoms with Crippen molar-refractivity contribution in [1.29, 1.82) is 0 Å². The van der Waals surface area contributed by atoms with Crippen LogP contribution in [0.25, 0.3) is 0 Å². The fourth-order valence-electron chi connectivity index (χ4n) is 1.65. The van der Waals surface area contributed by atoms with E-state index in [1.165, 1.54) is 12.1 Å². The summed E-state index contributed by atoms with van der Waals surface area (Å²) < 4.78 is 5.47. The fraction of sp³-hybridized carbons (Fsp3) is 0.400. The van der Waals surface area contributed by atoms with Crippen LogP contribution in [0.5, 0.6) is 0 Å².